The lowest BCUT2D eigenvalue weighted by Gasteiger charge is -2.10. The largest absolute Gasteiger partial charge is 0.344 e. The van der Waals surface area contributed by atoms with Crippen molar-refractivity contribution in [1.82, 2.24) is 4.98 Å². The molecule has 0 bridgehead atoms. The Kier molecular flexibility index (Phi) is 3.70. The highest BCUT2D eigenvalue weighted by Crippen LogP contribution is 2.36. The Balaban J connectivity index is 1.70. The van der Waals surface area contributed by atoms with Crippen molar-refractivity contribution >= 4 is 16.6 Å². The van der Waals surface area contributed by atoms with Gasteiger partial charge in [-0.05, 0) is 60.0 Å². The maximum Gasteiger partial charge on any atom is 0.130 e. The molecule has 1 heterocycles. The van der Waals surface area contributed by atoms with Crippen LogP contribution in [0.2, 0.25) is 0 Å². The summed E-state index contributed by atoms with van der Waals surface area (Å²) in [7, 11) is 0. The topological polar surface area (TPSA) is 48.7 Å². The molecule has 4 heteroatoms. The molecule has 1 aromatic heterocycles. The fourth-order valence-corrected chi connectivity index (χ4v) is 2.93. The molecular formula is C21H16FN3. The van der Waals surface area contributed by atoms with Crippen LogP contribution in [0.3, 0.4) is 0 Å². The molecule has 0 aliphatic heterocycles. The molecule has 3 nitrogen and oxygen atoms in total. The van der Waals surface area contributed by atoms with E-state index in [1.165, 1.54) is 31.0 Å². The van der Waals surface area contributed by atoms with Crippen LogP contribution in [0.5, 0.6) is 0 Å². The first-order valence-corrected chi connectivity index (χ1v) is 8.20. The van der Waals surface area contributed by atoms with Gasteiger partial charge in [-0.3, -0.25) is 0 Å². The van der Waals surface area contributed by atoms with E-state index < -0.39 is 0 Å². The number of anilines is 1. The second-order valence-electron chi connectivity index (χ2n) is 6.36. The summed E-state index contributed by atoms with van der Waals surface area (Å²) in [6, 6.07) is 14.1. The third-order valence-electron chi connectivity index (χ3n) is 4.49. The molecule has 1 saturated carbocycles. The first kappa shape index (κ1) is 15.3. The van der Waals surface area contributed by atoms with Crippen molar-refractivity contribution < 1.29 is 4.39 Å². The highest BCUT2D eigenvalue weighted by molar-refractivity contribution is 5.89. The van der Waals surface area contributed by atoms with E-state index in [1.807, 2.05) is 24.3 Å². The van der Waals surface area contributed by atoms with Crippen molar-refractivity contribution in [2.24, 2.45) is 5.92 Å². The number of nitrogens with zero attached hydrogens (tertiary/aromatic N) is 2. The van der Waals surface area contributed by atoms with Crippen LogP contribution in [0.25, 0.3) is 21.9 Å². The third-order valence-corrected chi connectivity index (χ3v) is 4.49. The van der Waals surface area contributed by atoms with Crippen molar-refractivity contribution in [3.05, 3.63) is 72.3 Å². The van der Waals surface area contributed by atoms with Gasteiger partial charge in [-0.15, -0.1) is 0 Å². The summed E-state index contributed by atoms with van der Waals surface area (Å²) in [6.07, 6.45) is 4.17. The van der Waals surface area contributed by atoms with Gasteiger partial charge in [-0.2, -0.15) is 5.26 Å². The Bertz CT molecular complexity index is 1030. The van der Waals surface area contributed by atoms with E-state index in [1.54, 1.807) is 6.20 Å². The second kappa shape index (κ2) is 6.03. The summed E-state index contributed by atoms with van der Waals surface area (Å²) >= 11 is 0. The molecule has 0 unspecified atom stereocenters. The molecule has 1 N–H and O–H groups in total. The number of benzene rings is 2. The van der Waals surface area contributed by atoms with Crippen LogP contribution in [-0.2, 0) is 0 Å². The zero-order valence-electron chi connectivity index (χ0n) is 13.6. The van der Waals surface area contributed by atoms with Crippen LogP contribution in [-0.4, -0.2) is 4.98 Å². The van der Waals surface area contributed by atoms with E-state index in [9.17, 15) is 9.65 Å². The van der Waals surface area contributed by atoms with Gasteiger partial charge in [0.2, 0.25) is 0 Å². The van der Waals surface area contributed by atoms with Crippen molar-refractivity contribution in [1.29, 1.82) is 5.26 Å². The maximum absolute atomic E-state index is 13.6. The Morgan fingerprint density at radius 1 is 1.16 bits per heavy atom. The number of fused-ring (bicyclic) bond motifs is 1. The molecule has 0 spiro atoms. The summed E-state index contributed by atoms with van der Waals surface area (Å²) in [5, 5.41) is 14.5. The maximum atomic E-state index is 13.6. The van der Waals surface area contributed by atoms with Crippen molar-refractivity contribution in [3.8, 4) is 17.2 Å². The molecule has 1 aliphatic rings. The predicted octanol–water partition coefficient (Wildman–Crippen LogP) is 5.25. The van der Waals surface area contributed by atoms with Gasteiger partial charge in [-0.25, -0.2) is 9.37 Å². The van der Waals surface area contributed by atoms with Gasteiger partial charge in [0.05, 0.1) is 11.6 Å². The molecule has 1 aliphatic carbocycles. The van der Waals surface area contributed by atoms with E-state index in [0.717, 1.165) is 27.9 Å². The summed E-state index contributed by atoms with van der Waals surface area (Å²) in [5.41, 5.74) is 2.86. The fourth-order valence-electron chi connectivity index (χ4n) is 2.93. The van der Waals surface area contributed by atoms with E-state index >= 15 is 0 Å². The quantitative estimate of drug-likeness (QED) is 0.711. The average molecular weight is 329 g/mol. The van der Waals surface area contributed by atoms with Crippen molar-refractivity contribution in [2.75, 3.05) is 5.32 Å². The van der Waals surface area contributed by atoms with Gasteiger partial charge in [-0.1, -0.05) is 18.7 Å². The van der Waals surface area contributed by atoms with Crippen LogP contribution >= 0.6 is 0 Å². The molecule has 0 radical (unpaired) electrons. The van der Waals surface area contributed by atoms with Gasteiger partial charge in [0.25, 0.3) is 0 Å². The number of hydrogen-bond acceptors (Lipinski definition) is 3. The number of aromatic nitrogens is 1. The highest BCUT2D eigenvalue weighted by Gasteiger charge is 2.24. The third kappa shape index (κ3) is 3.09. The van der Waals surface area contributed by atoms with Crippen LogP contribution < -0.4 is 5.32 Å². The van der Waals surface area contributed by atoms with Crippen LogP contribution in [0, 0.1) is 23.1 Å². The molecule has 0 saturated heterocycles. The van der Waals surface area contributed by atoms with Gasteiger partial charge in [0.15, 0.2) is 0 Å². The Labute approximate surface area is 145 Å². The molecule has 4 rings (SSSR count). The lowest BCUT2D eigenvalue weighted by molar-refractivity contribution is 0.628. The summed E-state index contributed by atoms with van der Waals surface area (Å²) < 4.78 is 13.6. The Hall–Kier alpha value is -3.19. The first-order valence-electron chi connectivity index (χ1n) is 8.20. The molecule has 122 valence electrons. The molecule has 3 aromatic rings. The molecule has 1 fully saturated rings. The number of rotatable bonds is 4. The fraction of sp³-hybridized carbons (Fsp3) is 0.143. The van der Waals surface area contributed by atoms with Crippen LogP contribution in [0.1, 0.15) is 18.4 Å². The number of nitrogens with one attached hydrogen (secondary N) is 1. The molecule has 0 atom stereocenters. The minimum atomic E-state index is -0.356. The van der Waals surface area contributed by atoms with Gasteiger partial charge in [0, 0.05) is 22.8 Å². The highest BCUT2D eigenvalue weighted by atomic mass is 19.1. The molecule has 0 amide bonds. The van der Waals surface area contributed by atoms with Crippen LogP contribution in [0.4, 0.5) is 10.2 Å². The van der Waals surface area contributed by atoms with E-state index in [0.29, 0.717) is 17.0 Å². The Morgan fingerprint density at radius 2 is 2.00 bits per heavy atom. The predicted molar refractivity (Wildman–Crippen MR) is 97.3 cm³/mol. The number of pyridine rings is 1. The number of allylic oxidation sites excluding steroid dienone is 1. The number of nitriles is 1. The second-order valence-corrected chi connectivity index (χ2v) is 6.36. The number of halogens is 1. The monoisotopic (exact) mass is 329 g/mol. The normalized spacial score (nSPS) is 13.4. The molecule has 25 heavy (non-hydrogen) atoms. The average Bonchev–Trinajstić information content (AvgIpc) is 3.46. The minimum Gasteiger partial charge on any atom is -0.344 e. The van der Waals surface area contributed by atoms with Gasteiger partial charge in [0.1, 0.15) is 11.6 Å². The van der Waals surface area contributed by atoms with E-state index in [4.69, 9.17) is 0 Å². The molecule has 2 aromatic carbocycles. The zero-order chi connectivity index (χ0) is 17.4. The molecular weight excluding hydrogens is 313 g/mol. The van der Waals surface area contributed by atoms with Crippen molar-refractivity contribution in [3.63, 3.8) is 0 Å². The lowest BCUT2D eigenvalue weighted by atomic mass is 9.98. The lowest BCUT2D eigenvalue weighted by Crippen LogP contribution is -2.01. The Morgan fingerprint density at radius 3 is 2.76 bits per heavy atom. The van der Waals surface area contributed by atoms with Crippen LogP contribution in [0.15, 0.2) is 60.9 Å². The number of hydrogen-bond donors (Lipinski definition) is 1. The van der Waals surface area contributed by atoms with Crippen molar-refractivity contribution in [2.45, 2.75) is 12.8 Å². The minimum absolute atomic E-state index is 0.356. The smallest absolute Gasteiger partial charge is 0.130 e. The summed E-state index contributed by atoms with van der Waals surface area (Å²) in [6.45, 7) is 4.06. The summed E-state index contributed by atoms with van der Waals surface area (Å²) in [4.78, 5) is 4.44. The summed E-state index contributed by atoms with van der Waals surface area (Å²) in [5.74, 6) is 0.989. The zero-order valence-corrected chi connectivity index (χ0v) is 13.6. The first-order chi connectivity index (χ1) is 12.1. The standard InChI is InChI=1S/C21H16FN3/c1-13(14-2-3-14)25-21-9-15-4-5-16(8-18(15)12-24-21)20-10-19(22)7-6-17(20)11-23/h4-10,12,14H,1-3H2,(H,24,25). The van der Waals surface area contributed by atoms with Gasteiger partial charge >= 0.3 is 0 Å². The van der Waals surface area contributed by atoms with Gasteiger partial charge < -0.3 is 5.32 Å². The van der Waals surface area contributed by atoms with E-state index in [2.05, 4.69) is 22.9 Å². The SMILES string of the molecule is C=C(Nc1cc2ccc(-c3cc(F)ccc3C#N)cc2cn1)C1CC1. The van der Waals surface area contributed by atoms with E-state index in [-0.39, 0.29) is 5.82 Å².